The van der Waals surface area contributed by atoms with Crippen LogP contribution in [0.3, 0.4) is 0 Å². The van der Waals surface area contributed by atoms with E-state index in [4.69, 9.17) is 0 Å². The van der Waals surface area contributed by atoms with Crippen LogP contribution in [0.5, 0.6) is 0 Å². The maximum absolute atomic E-state index is 12.9. The van der Waals surface area contributed by atoms with Gasteiger partial charge in [0.05, 0.1) is 0 Å². The molecule has 1 unspecified atom stereocenters. The number of aryl methyl sites for hydroxylation is 1. The van der Waals surface area contributed by atoms with Gasteiger partial charge in [-0.2, -0.15) is 0 Å². The molecule has 1 nitrogen and oxygen atoms in total. The van der Waals surface area contributed by atoms with Crippen molar-refractivity contribution in [1.29, 1.82) is 0 Å². The summed E-state index contributed by atoms with van der Waals surface area (Å²) in [4.78, 5) is 0. The first-order valence-electron chi connectivity index (χ1n) is 6.38. The van der Waals surface area contributed by atoms with E-state index in [2.05, 4.69) is 30.4 Å². The lowest BCUT2D eigenvalue weighted by atomic mass is 9.95. The molecule has 92 valence electrons. The van der Waals surface area contributed by atoms with Gasteiger partial charge in [-0.3, -0.25) is 0 Å². The van der Waals surface area contributed by atoms with Gasteiger partial charge in [-0.05, 0) is 60.7 Å². The smallest absolute Gasteiger partial charge is 0.123 e. The van der Waals surface area contributed by atoms with E-state index in [1.807, 2.05) is 12.1 Å². The summed E-state index contributed by atoms with van der Waals surface area (Å²) in [6, 6.07) is 13.7. The SMILES string of the molecule is CC1CCc2cc(-c3ccc(F)cc3)ccc2N1. The summed E-state index contributed by atoms with van der Waals surface area (Å²) in [5, 5.41) is 3.49. The van der Waals surface area contributed by atoms with Gasteiger partial charge >= 0.3 is 0 Å². The van der Waals surface area contributed by atoms with Crippen molar-refractivity contribution in [2.45, 2.75) is 25.8 Å². The van der Waals surface area contributed by atoms with Gasteiger partial charge in [-0.15, -0.1) is 0 Å². The normalized spacial score (nSPS) is 18.0. The van der Waals surface area contributed by atoms with E-state index in [-0.39, 0.29) is 5.82 Å². The largest absolute Gasteiger partial charge is 0.382 e. The Morgan fingerprint density at radius 1 is 1.06 bits per heavy atom. The Morgan fingerprint density at radius 3 is 2.56 bits per heavy atom. The van der Waals surface area contributed by atoms with Gasteiger partial charge in [0.1, 0.15) is 5.82 Å². The van der Waals surface area contributed by atoms with Crippen LogP contribution in [0.1, 0.15) is 18.9 Å². The Hall–Kier alpha value is -1.83. The lowest BCUT2D eigenvalue weighted by molar-refractivity contribution is 0.628. The average molecular weight is 241 g/mol. The molecule has 0 saturated heterocycles. The van der Waals surface area contributed by atoms with Crippen LogP contribution in [-0.4, -0.2) is 6.04 Å². The van der Waals surface area contributed by atoms with E-state index in [1.165, 1.54) is 29.8 Å². The summed E-state index contributed by atoms with van der Waals surface area (Å²) in [5.41, 5.74) is 4.82. The maximum Gasteiger partial charge on any atom is 0.123 e. The molecular formula is C16H16FN. The number of halogens is 1. The fraction of sp³-hybridized carbons (Fsp3) is 0.250. The molecule has 0 radical (unpaired) electrons. The molecule has 0 aromatic heterocycles. The van der Waals surface area contributed by atoms with Crippen molar-refractivity contribution in [3.63, 3.8) is 0 Å². The second kappa shape index (κ2) is 4.45. The number of nitrogens with one attached hydrogen (secondary N) is 1. The predicted octanol–water partition coefficient (Wildman–Crippen LogP) is 4.24. The van der Waals surface area contributed by atoms with E-state index in [1.54, 1.807) is 0 Å². The quantitative estimate of drug-likeness (QED) is 0.787. The van der Waals surface area contributed by atoms with Crippen LogP contribution in [0.15, 0.2) is 42.5 Å². The van der Waals surface area contributed by atoms with E-state index < -0.39 is 0 Å². The van der Waals surface area contributed by atoms with Crippen LogP contribution < -0.4 is 5.32 Å². The number of benzene rings is 2. The zero-order valence-corrected chi connectivity index (χ0v) is 10.4. The van der Waals surface area contributed by atoms with Crippen molar-refractivity contribution < 1.29 is 4.39 Å². The highest BCUT2D eigenvalue weighted by Gasteiger charge is 2.14. The Morgan fingerprint density at radius 2 is 1.78 bits per heavy atom. The summed E-state index contributed by atoms with van der Waals surface area (Å²) in [6.07, 6.45) is 2.28. The molecule has 2 aromatic rings. The third-order valence-electron chi connectivity index (χ3n) is 3.53. The van der Waals surface area contributed by atoms with Crippen molar-refractivity contribution in [1.82, 2.24) is 0 Å². The maximum atomic E-state index is 12.9. The summed E-state index contributed by atoms with van der Waals surface area (Å²) in [5.74, 6) is -0.188. The Labute approximate surface area is 107 Å². The number of anilines is 1. The second-order valence-corrected chi connectivity index (χ2v) is 4.96. The number of hydrogen-bond acceptors (Lipinski definition) is 1. The molecule has 1 atom stereocenters. The van der Waals surface area contributed by atoms with Gasteiger partial charge < -0.3 is 5.32 Å². The molecule has 18 heavy (non-hydrogen) atoms. The molecular weight excluding hydrogens is 225 g/mol. The molecule has 0 amide bonds. The fourth-order valence-electron chi connectivity index (χ4n) is 2.47. The molecule has 1 aliphatic rings. The minimum absolute atomic E-state index is 0.188. The van der Waals surface area contributed by atoms with Crippen molar-refractivity contribution in [2.24, 2.45) is 0 Å². The average Bonchev–Trinajstić information content (AvgIpc) is 2.39. The first-order valence-corrected chi connectivity index (χ1v) is 6.38. The van der Waals surface area contributed by atoms with E-state index >= 15 is 0 Å². The highest BCUT2D eigenvalue weighted by atomic mass is 19.1. The molecule has 0 aliphatic carbocycles. The van der Waals surface area contributed by atoms with Crippen molar-refractivity contribution in [3.05, 3.63) is 53.8 Å². The summed E-state index contributed by atoms with van der Waals surface area (Å²) >= 11 is 0. The summed E-state index contributed by atoms with van der Waals surface area (Å²) in [7, 11) is 0. The predicted molar refractivity (Wildman–Crippen MR) is 73.2 cm³/mol. The van der Waals surface area contributed by atoms with E-state index in [9.17, 15) is 4.39 Å². The first-order chi connectivity index (χ1) is 8.72. The lowest BCUT2D eigenvalue weighted by Crippen LogP contribution is -2.21. The van der Waals surface area contributed by atoms with Crippen molar-refractivity contribution in [2.75, 3.05) is 5.32 Å². The highest BCUT2D eigenvalue weighted by Crippen LogP contribution is 2.29. The van der Waals surface area contributed by atoms with E-state index in [0.29, 0.717) is 6.04 Å². The molecule has 1 N–H and O–H groups in total. The highest BCUT2D eigenvalue weighted by molar-refractivity contribution is 5.69. The number of hydrogen-bond donors (Lipinski definition) is 1. The van der Waals surface area contributed by atoms with Crippen LogP contribution in [0.4, 0.5) is 10.1 Å². The Balaban J connectivity index is 1.97. The topological polar surface area (TPSA) is 12.0 Å². The molecule has 0 bridgehead atoms. The van der Waals surface area contributed by atoms with Crippen LogP contribution in [-0.2, 0) is 6.42 Å². The van der Waals surface area contributed by atoms with E-state index in [0.717, 1.165) is 17.5 Å². The first kappa shape index (κ1) is 11.3. The van der Waals surface area contributed by atoms with Crippen LogP contribution in [0.25, 0.3) is 11.1 Å². The second-order valence-electron chi connectivity index (χ2n) is 4.96. The van der Waals surface area contributed by atoms with Gasteiger partial charge in [-0.25, -0.2) is 4.39 Å². The fourth-order valence-corrected chi connectivity index (χ4v) is 2.47. The standard InChI is InChI=1S/C16H16FN/c1-11-2-3-14-10-13(6-9-16(14)18-11)12-4-7-15(17)8-5-12/h4-11,18H,2-3H2,1H3. The monoisotopic (exact) mass is 241 g/mol. The van der Waals surface area contributed by atoms with Crippen LogP contribution in [0, 0.1) is 5.82 Å². The molecule has 1 aliphatic heterocycles. The summed E-state index contributed by atoms with van der Waals surface area (Å²) < 4.78 is 12.9. The Kier molecular flexibility index (Phi) is 2.78. The van der Waals surface area contributed by atoms with Gasteiger partial charge in [0.25, 0.3) is 0 Å². The Bertz CT molecular complexity index is 560. The van der Waals surface area contributed by atoms with Gasteiger partial charge in [0.15, 0.2) is 0 Å². The van der Waals surface area contributed by atoms with Crippen molar-refractivity contribution in [3.8, 4) is 11.1 Å². The van der Waals surface area contributed by atoms with Crippen LogP contribution in [0.2, 0.25) is 0 Å². The molecule has 1 heterocycles. The number of fused-ring (bicyclic) bond motifs is 1. The van der Waals surface area contributed by atoms with Crippen molar-refractivity contribution >= 4 is 5.69 Å². The summed E-state index contributed by atoms with van der Waals surface area (Å²) in [6.45, 7) is 2.21. The van der Waals surface area contributed by atoms with Crippen LogP contribution >= 0.6 is 0 Å². The lowest BCUT2D eigenvalue weighted by Gasteiger charge is -2.24. The molecule has 2 heteroatoms. The minimum atomic E-state index is -0.188. The molecule has 3 rings (SSSR count). The van der Waals surface area contributed by atoms with Gasteiger partial charge in [-0.1, -0.05) is 18.2 Å². The molecule has 0 fully saturated rings. The molecule has 0 saturated carbocycles. The molecule has 2 aromatic carbocycles. The zero-order valence-electron chi connectivity index (χ0n) is 10.4. The number of rotatable bonds is 1. The molecule has 0 spiro atoms. The van der Waals surface area contributed by atoms with Gasteiger partial charge in [0, 0.05) is 11.7 Å². The third kappa shape index (κ3) is 2.10. The zero-order chi connectivity index (χ0) is 12.5. The third-order valence-corrected chi connectivity index (χ3v) is 3.53. The minimum Gasteiger partial charge on any atom is -0.382 e. The van der Waals surface area contributed by atoms with Gasteiger partial charge in [0.2, 0.25) is 0 Å².